The van der Waals surface area contributed by atoms with Gasteiger partial charge in [0.25, 0.3) is 0 Å². The van der Waals surface area contributed by atoms with E-state index in [1.165, 1.54) is 16.7 Å². The SMILES string of the molecule is COc1cc(C)c2c(ccn2C(=O)OC(C)(C)C)c1CN(C)CCN(CCC(F)(F)F)OC. The van der Waals surface area contributed by atoms with Gasteiger partial charge < -0.3 is 19.2 Å². The Morgan fingerprint density at radius 1 is 1.12 bits per heavy atom. The van der Waals surface area contributed by atoms with E-state index < -0.39 is 24.3 Å². The van der Waals surface area contributed by atoms with E-state index in [1.807, 2.05) is 51.8 Å². The molecule has 0 aliphatic heterocycles. The lowest BCUT2D eigenvalue weighted by Gasteiger charge is -2.25. The number of carbonyl (C=O) groups is 1. The lowest BCUT2D eigenvalue weighted by molar-refractivity contribution is -0.178. The molecular formula is C23H34F3N3O4. The molecule has 2 aromatic rings. The molecule has 0 atom stereocenters. The van der Waals surface area contributed by atoms with Gasteiger partial charge in [-0.3, -0.25) is 4.57 Å². The van der Waals surface area contributed by atoms with Gasteiger partial charge in [-0.25, -0.2) is 4.79 Å². The number of methoxy groups -OCH3 is 1. The summed E-state index contributed by atoms with van der Waals surface area (Å²) in [5.41, 5.74) is 1.84. The number of hydrogen-bond donors (Lipinski definition) is 0. The lowest BCUT2D eigenvalue weighted by Crippen LogP contribution is -2.34. The van der Waals surface area contributed by atoms with Crippen LogP contribution in [0.4, 0.5) is 18.0 Å². The fourth-order valence-electron chi connectivity index (χ4n) is 3.55. The van der Waals surface area contributed by atoms with Crippen LogP contribution in [0, 0.1) is 6.92 Å². The van der Waals surface area contributed by atoms with Gasteiger partial charge in [0.05, 0.1) is 26.2 Å². The van der Waals surface area contributed by atoms with Crippen molar-refractivity contribution in [3.63, 3.8) is 0 Å². The van der Waals surface area contributed by atoms with Crippen molar-refractivity contribution in [2.45, 2.75) is 52.4 Å². The van der Waals surface area contributed by atoms with Gasteiger partial charge in [0, 0.05) is 43.3 Å². The van der Waals surface area contributed by atoms with Crippen molar-refractivity contribution in [2.24, 2.45) is 0 Å². The molecule has 1 heterocycles. The maximum Gasteiger partial charge on any atom is 0.419 e. The summed E-state index contributed by atoms with van der Waals surface area (Å²) in [6.45, 7) is 8.34. The summed E-state index contributed by atoms with van der Waals surface area (Å²) < 4.78 is 50.1. The summed E-state index contributed by atoms with van der Waals surface area (Å²) in [6, 6.07) is 3.72. The normalized spacial score (nSPS) is 12.7. The summed E-state index contributed by atoms with van der Waals surface area (Å²) in [5.74, 6) is 0.675. The van der Waals surface area contributed by atoms with E-state index in [4.69, 9.17) is 14.3 Å². The van der Waals surface area contributed by atoms with Crippen LogP contribution in [0.25, 0.3) is 10.9 Å². The number of hydrogen-bond acceptors (Lipinski definition) is 6. The molecule has 10 heteroatoms. The minimum Gasteiger partial charge on any atom is -0.496 e. The summed E-state index contributed by atoms with van der Waals surface area (Å²) >= 11 is 0. The second-order valence-corrected chi connectivity index (χ2v) is 9.02. The Morgan fingerprint density at radius 3 is 2.33 bits per heavy atom. The number of aryl methyl sites for hydroxylation is 1. The van der Waals surface area contributed by atoms with Crippen LogP contribution in [0.5, 0.6) is 5.75 Å². The van der Waals surface area contributed by atoms with Gasteiger partial charge in [-0.2, -0.15) is 18.2 Å². The first-order valence-corrected chi connectivity index (χ1v) is 10.7. The zero-order valence-electron chi connectivity index (χ0n) is 20.4. The van der Waals surface area contributed by atoms with Crippen LogP contribution in [-0.2, 0) is 16.1 Å². The molecule has 0 saturated heterocycles. The molecule has 0 fully saturated rings. The number of benzene rings is 1. The zero-order valence-corrected chi connectivity index (χ0v) is 20.4. The molecule has 33 heavy (non-hydrogen) atoms. The molecule has 186 valence electrons. The quantitative estimate of drug-likeness (QED) is 0.479. The van der Waals surface area contributed by atoms with Gasteiger partial charge in [0.2, 0.25) is 0 Å². The molecule has 0 spiro atoms. The summed E-state index contributed by atoms with van der Waals surface area (Å²) in [7, 11) is 4.81. The molecule has 0 saturated carbocycles. The minimum atomic E-state index is -4.23. The fourth-order valence-corrected chi connectivity index (χ4v) is 3.55. The molecule has 0 aliphatic carbocycles. The highest BCUT2D eigenvalue weighted by atomic mass is 19.4. The zero-order chi connectivity index (χ0) is 25.0. The number of rotatable bonds is 9. The largest absolute Gasteiger partial charge is 0.496 e. The average Bonchev–Trinajstić information content (AvgIpc) is 3.14. The van der Waals surface area contributed by atoms with Gasteiger partial charge in [-0.05, 0) is 52.4 Å². The Hall–Kier alpha value is -2.30. The molecule has 1 aromatic heterocycles. The van der Waals surface area contributed by atoms with Crippen LogP contribution in [0.1, 0.15) is 38.3 Å². The minimum absolute atomic E-state index is 0.231. The number of nitrogens with zero attached hydrogens (tertiary/aromatic N) is 3. The number of fused-ring (bicyclic) bond motifs is 1. The maximum atomic E-state index is 12.7. The number of likely N-dealkylation sites (N-methyl/N-ethyl adjacent to an activating group) is 1. The molecule has 0 aliphatic rings. The van der Waals surface area contributed by atoms with Crippen molar-refractivity contribution < 1.29 is 32.3 Å². The highest BCUT2D eigenvalue weighted by molar-refractivity contribution is 5.95. The number of alkyl halides is 3. The van der Waals surface area contributed by atoms with Crippen LogP contribution in [-0.4, -0.2) is 73.3 Å². The van der Waals surface area contributed by atoms with E-state index in [0.717, 1.165) is 22.0 Å². The van der Waals surface area contributed by atoms with E-state index >= 15 is 0 Å². The first kappa shape index (κ1) is 26.9. The van der Waals surface area contributed by atoms with Crippen molar-refractivity contribution >= 4 is 17.0 Å². The topological polar surface area (TPSA) is 56.2 Å². The number of aromatic nitrogens is 1. The van der Waals surface area contributed by atoms with Crippen molar-refractivity contribution in [1.29, 1.82) is 0 Å². The molecule has 0 bridgehead atoms. The Kier molecular flexibility index (Phi) is 8.78. The van der Waals surface area contributed by atoms with Gasteiger partial charge >= 0.3 is 12.3 Å². The highest BCUT2D eigenvalue weighted by Gasteiger charge is 2.28. The molecular weight excluding hydrogens is 439 g/mol. The van der Waals surface area contributed by atoms with E-state index in [-0.39, 0.29) is 6.54 Å². The van der Waals surface area contributed by atoms with Crippen molar-refractivity contribution in [1.82, 2.24) is 14.5 Å². The molecule has 0 unspecified atom stereocenters. The second-order valence-electron chi connectivity index (χ2n) is 9.02. The molecule has 0 radical (unpaired) electrons. The number of hydroxylamine groups is 2. The summed E-state index contributed by atoms with van der Waals surface area (Å²) in [5, 5.41) is 2.15. The third-order valence-corrected chi connectivity index (χ3v) is 5.10. The Balaban J connectivity index is 2.23. The van der Waals surface area contributed by atoms with E-state index in [1.54, 1.807) is 13.3 Å². The molecule has 7 nitrogen and oxygen atoms in total. The fraction of sp³-hybridized carbons (Fsp3) is 0.609. The summed E-state index contributed by atoms with van der Waals surface area (Å²) in [6.07, 6.45) is -3.95. The van der Waals surface area contributed by atoms with Crippen molar-refractivity contribution in [3.05, 3.63) is 29.5 Å². The van der Waals surface area contributed by atoms with Gasteiger partial charge in [-0.15, -0.1) is 0 Å². The monoisotopic (exact) mass is 473 g/mol. The lowest BCUT2D eigenvalue weighted by atomic mass is 10.0. The first-order valence-electron chi connectivity index (χ1n) is 10.7. The third-order valence-electron chi connectivity index (χ3n) is 5.10. The molecule has 1 aromatic carbocycles. The van der Waals surface area contributed by atoms with Gasteiger partial charge in [0.15, 0.2) is 0 Å². The average molecular weight is 474 g/mol. The molecule has 2 rings (SSSR count). The Labute approximate surface area is 192 Å². The van der Waals surface area contributed by atoms with Crippen LogP contribution < -0.4 is 4.74 Å². The molecule has 0 N–H and O–H groups in total. The highest BCUT2D eigenvalue weighted by Crippen LogP contribution is 2.33. The number of halogens is 3. The van der Waals surface area contributed by atoms with E-state index in [9.17, 15) is 18.0 Å². The van der Waals surface area contributed by atoms with E-state index in [0.29, 0.717) is 25.4 Å². The van der Waals surface area contributed by atoms with Gasteiger partial charge in [0.1, 0.15) is 11.4 Å². The maximum absolute atomic E-state index is 12.7. The number of carbonyl (C=O) groups excluding carboxylic acids is 1. The smallest absolute Gasteiger partial charge is 0.419 e. The van der Waals surface area contributed by atoms with Crippen LogP contribution >= 0.6 is 0 Å². The Morgan fingerprint density at radius 2 is 1.79 bits per heavy atom. The predicted octanol–water partition coefficient (Wildman–Crippen LogP) is 4.99. The van der Waals surface area contributed by atoms with Crippen LogP contribution in [0.3, 0.4) is 0 Å². The van der Waals surface area contributed by atoms with Crippen molar-refractivity contribution in [3.8, 4) is 5.75 Å². The summed E-state index contributed by atoms with van der Waals surface area (Å²) in [4.78, 5) is 19.8. The van der Waals surface area contributed by atoms with Crippen LogP contribution in [0.15, 0.2) is 18.3 Å². The second kappa shape index (κ2) is 10.8. The standard InChI is InChI=1S/C23H34F3N3O4/c1-16-14-19(31-6)18(15-27(5)12-13-28(32-7)11-9-23(24,25)26)17-8-10-29(20(16)17)21(30)33-22(2,3)4/h8,10,14H,9,11-13,15H2,1-7H3. The van der Waals surface area contributed by atoms with Crippen molar-refractivity contribution in [2.75, 3.05) is 40.9 Å². The Bertz CT molecular complexity index is 951. The first-order chi connectivity index (χ1) is 15.3. The van der Waals surface area contributed by atoms with E-state index in [2.05, 4.69) is 0 Å². The third kappa shape index (κ3) is 7.62. The van der Waals surface area contributed by atoms with Gasteiger partial charge in [-0.1, -0.05) is 0 Å². The molecule has 0 amide bonds. The van der Waals surface area contributed by atoms with Crippen LogP contribution in [0.2, 0.25) is 0 Å². The predicted molar refractivity (Wildman–Crippen MR) is 120 cm³/mol. The number of ether oxygens (including phenoxy) is 2.